The Labute approximate surface area is 102 Å². The molecule has 17 heavy (non-hydrogen) atoms. The number of hydrogen-bond acceptors (Lipinski definition) is 3. The molecule has 0 bridgehead atoms. The summed E-state index contributed by atoms with van der Waals surface area (Å²) in [5.74, 6) is 0. The normalized spacial score (nSPS) is 20.3. The molecule has 1 heterocycles. The molecule has 0 spiro atoms. The van der Waals surface area contributed by atoms with Gasteiger partial charge in [-0.3, -0.25) is 5.10 Å². The molecule has 0 atom stereocenters. The van der Waals surface area contributed by atoms with Crippen LogP contribution in [0.5, 0.6) is 0 Å². The van der Waals surface area contributed by atoms with E-state index >= 15 is 0 Å². The predicted octanol–water partition coefficient (Wildman–Crippen LogP) is 1.66. The summed E-state index contributed by atoms with van der Waals surface area (Å²) in [6, 6.07) is 1.46. The zero-order valence-electron chi connectivity index (χ0n) is 10.1. The van der Waals surface area contributed by atoms with Gasteiger partial charge < -0.3 is 0 Å². The smallest absolute Gasteiger partial charge is 0.257 e. The molecule has 2 N–H and O–H groups in total. The van der Waals surface area contributed by atoms with Crippen molar-refractivity contribution in [1.29, 1.82) is 0 Å². The summed E-state index contributed by atoms with van der Waals surface area (Å²) in [6.07, 6.45) is 7.29. The van der Waals surface area contributed by atoms with Gasteiger partial charge in [-0.1, -0.05) is 26.2 Å². The van der Waals surface area contributed by atoms with Crippen molar-refractivity contribution in [3.63, 3.8) is 0 Å². The average Bonchev–Trinajstić information content (AvgIpc) is 2.82. The first-order valence-corrected chi connectivity index (χ1v) is 7.49. The lowest BCUT2D eigenvalue weighted by Gasteiger charge is -2.33. The summed E-state index contributed by atoms with van der Waals surface area (Å²) in [5, 5.41) is 6.27. The summed E-state index contributed by atoms with van der Waals surface area (Å²) in [7, 11) is -3.42. The zero-order chi connectivity index (χ0) is 12.4. The molecule has 1 saturated carbocycles. The van der Waals surface area contributed by atoms with Crippen molar-refractivity contribution in [3.8, 4) is 0 Å². The van der Waals surface area contributed by atoms with Crippen molar-refractivity contribution in [3.05, 3.63) is 12.3 Å². The van der Waals surface area contributed by atoms with Gasteiger partial charge in [-0.05, 0) is 24.3 Å². The number of nitrogens with zero attached hydrogens (tertiary/aromatic N) is 1. The molecule has 0 aromatic carbocycles. The molecule has 1 aromatic rings. The van der Waals surface area contributed by atoms with Gasteiger partial charge in [0.2, 0.25) is 0 Å². The van der Waals surface area contributed by atoms with Crippen molar-refractivity contribution in [2.24, 2.45) is 5.41 Å². The minimum atomic E-state index is -3.42. The van der Waals surface area contributed by atoms with Crippen LogP contribution in [0.3, 0.4) is 0 Å². The maximum atomic E-state index is 11.9. The first-order valence-electron chi connectivity index (χ1n) is 6.01. The van der Waals surface area contributed by atoms with Gasteiger partial charge in [0.05, 0.1) is 6.20 Å². The number of sulfonamides is 1. The van der Waals surface area contributed by atoms with Crippen LogP contribution in [0.2, 0.25) is 0 Å². The van der Waals surface area contributed by atoms with Crippen molar-refractivity contribution in [1.82, 2.24) is 14.9 Å². The Morgan fingerprint density at radius 3 is 2.71 bits per heavy atom. The van der Waals surface area contributed by atoms with Crippen LogP contribution >= 0.6 is 0 Å². The minimum Gasteiger partial charge on any atom is -0.266 e. The second kappa shape index (κ2) is 4.78. The molecule has 0 saturated heterocycles. The van der Waals surface area contributed by atoms with Crippen LogP contribution < -0.4 is 4.72 Å². The van der Waals surface area contributed by atoms with Crippen molar-refractivity contribution < 1.29 is 8.42 Å². The SMILES string of the molecule is CC1(CNS(=O)(=O)c2ccn[nH]2)CCCCC1. The second-order valence-electron chi connectivity index (χ2n) is 5.12. The van der Waals surface area contributed by atoms with Crippen molar-refractivity contribution in [2.45, 2.75) is 44.1 Å². The number of H-pyrrole nitrogens is 1. The highest BCUT2D eigenvalue weighted by Gasteiger charge is 2.28. The fourth-order valence-electron chi connectivity index (χ4n) is 2.32. The minimum absolute atomic E-state index is 0.103. The van der Waals surface area contributed by atoms with Gasteiger partial charge in [0, 0.05) is 6.54 Å². The highest BCUT2D eigenvalue weighted by atomic mass is 32.2. The van der Waals surface area contributed by atoms with Crippen molar-refractivity contribution >= 4 is 10.0 Å². The van der Waals surface area contributed by atoms with Gasteiger partial charge in [0.1, 0.15) is 0 Å². The summed E-state index contributed by atoms with van der Waals surface area (Å²) >= 11 is 0. The van der Waals surface area contributed by atoms with Gasteiger partial charge in [0.15, 0.2) is 5.03 Å². The van der Waals surface area contributed by atoms with Crippen LogP contribution in [-0.4, -0.2) is 25.2 Å². The van der Waals surface area contributed by atoms with Crippen LogP contribution in [0, 0.1) is 5.41 Å². The molecule has 96 valence electrons. The maximum absolute atomic E-state index is 11.9. The molecule has 0 aliphatic heterocycles. The van der Waals surface area contributed by atoms with Crippen molar-refractivity contribution in [2.75, 3.05) is 6.54 Å². The lowest BCUT2D eigenvalue weighted by Crippen LogP contribution is -2.37. The van der Waals surface area contributed by atoms with Gasteiger partial charge in [0.25, 0.3) is 10.0 Å². The van der Waals surface area contributed by atoms with Gasteiger partial charge in [-0.25, -0.2) is 13.1 Å². The van der Waals surface area contributed by atoms with E-state index in [1.54, 1.807) is 0 Å². The topological polar surface area (TPSA) is 74.8 Å². The van der Waals surface area contributed by atoms with E-state index in [4.69, 9.17) is 0 Å². The monoisotopic (exact) mass is 257 g/mol. The summed E-state index contributed by atoms with van der Waals surface area (Å²) in [5.41, 5.74) is 0.103. The molecule has 1 aliphatic carbocycles. The number of hydrogen-bond donors (Lipinski definition) is 2. The Kier molecular flexibility index (Phi) is 3.53. The molecule has 0 amide bonds. The van der Waals surface area contributed by atoms with E-state index in [0.29, 0.717) is 6.54 Å². The van der Waals surface area contributed by atoms with Crippen LogP contribution in [0.4, 0.5) is 0 Å². The molecular weight excluding hydrogens is 238 g/mol. The Hall–Kier alpha value is -0.880. The molecule has 5 nitrogen and oxygen atoms in total. The van der Waals surface area contributed by atoms with Crippen LogP contribution in [0.15, 0.2) is 17.3 Å². The highest BCUT2D eigenvalue weighted by molar-refractivity contribution is 7.89. The average molecular weight is 257 g/mol. The fourth-order valence-corrected chi connectivity index (χ4v) is 3.43. The summed E-state index contributed by atoms with van der Waals surface area (Å²) in [6.45, 7) is 2.66. The Morgan fingerprint density at radius 2 is 2.12 bits per heavy atom. The second-order valence-corrected chi connectivity index (χ2v) is 6.85. The van der Waals surface area contributed by atoms with E-state index in [9.17, 15) is 8.42 Å². The lowest BCUT2D eigenvalue weighted by molar-refractivity contribution is 0.219. The molecule has 1 aromatic heterocycles. The zero-order valence-corrected chi connectivity index (χ0v) is 10.9. The number of aromatic nitrogens is 2. The molecule has 0 unspecified atom stereocenters. The summed E-state index contributed by atoms with van der Waals surface area (Å²) in [4.78, 5) is 0. The Bertz CT molecular complexity index is 447. The van der Waals surface area contributed by atoms with Crippen LogP contribution in [0.1, 0.15) is 39.0 Å². The molecule has 6 heteroatoms. The van der Waals surface area contributed by atoms with E-state index in [0.717, 1.165) is 12.8 Å². The van der Waals surface area contributed by atoms with E-state index in [1.807, 2.05) is 0 Å². The van der Waals surface area contributed by atoms with E-state index in [1.165, 1.54) is 31.5 Å². The van der Waals surface area contributed by atoms with E-state index in [-0.39, 0.29) is 10.4 Å². The molecule has 1 fully saturated rings. The number of nitrogens with one attached hydrogen (secondary N) is 2. The first-order chi connectivity index (χ1) is 8.02. The number of rotatable bonds is 4. The number of aromatic amines is 1. The molecule has 0 radical (unpaired) electrons. The Balaban J connectivity index is 1.98. The summed E-state index contributed by atoms with van der Waals surface area (Å²) < 4.78 is 26.5. The lowest BCUT2D eigenvalue weighted by atomic mass is 9.76. The molecule has 1 aliphatic rings. The quantitative estimate of drug-likeness (QED) is 0.861. The third kappa shape index (κ3) is 3.07. The molecule has 2 rings (SSSR count). The van der Waals surface area contributed by atoms with Crippen LogP contribution in [0.25, 0.3) is 0 Å². The maximum Gasteiger partial charge on any atom is 0.257 e. The highest BCUT2D eigenvalue weighted by Crippen LogP contribution is 2.35. The first kappa shape index (κ1) is 12.6. The fraction of sp³-hybridized carbons (Fsp3) is 0.727. The Morgan fingerprint density at radius 1 is 1.41 bits per heavy atom. The molecular formula is C11H19N3O2S. The predicted molar refractivity (Wildman–Crippen MR) is 65.0 cm³/mol. The third-order valence-electron chi connectivity index (χ3n) is 3.51. The third-order valence-corrected chi connectivity index (χ3v) is 4.85. The van der Waals surface area contributed by atoms with Crippen LogP contribution in [-0.2, 0) is 10.0 Å². The van der Waals surface area contributed by atoms with Gasteiger partial charge >= 0.3 is 0 Å². The van der Waals surface area contributed by atoms with Gasteiger partial charge in [-0.15, -0.1) is 0 Å². The van der Waals surface area contributed by atoms with E-state index < -0.39 is 10.0 Å². The van der Waals surface area contributed by atoms with Gasteiger partial charge in [-0.2, -0.15) is 5.10 Å². The largest absolute Gasteiger partial charge is 0.266 e. The van der Waals surface area contributed by atoms with E-state index in [2.05, 4.69) is 21.8 Å². The standard InChI is InChI=1S/C11H19N3O2S/c1-11(6-3-2-4-7-11)9-13-17(15,16)10-5-8-12-14-10/h5,8,13H,2-4,6-7,9H2,1H3,(H,12,14).